The molecule has 1 aromatic carbocycles. The van der Waals surface area contributed by atoms with E-state index in [1.165, 1.54) is 12.3 Å². The first-order valence-corrected chi connectivity index (χ1v) is 4.19. The van der Waals surface area contributed by atoms with Crippen LogP contribution in [0.2, 0.25) is 5.02 Å². The molecule has 1 rings (SSSR count). The van der Waals surface area contributed by atoms with Crippen molar-refractivity contribution in [3.63, 3.8) is 0 Å². The Labute approximate surface area is 87.0 Å². The van der Waals surface area contributed by atoms with Gasteiger partial charge >= 0.3 is 0 Å². The van der Waals surface area contributed by atoms with Gasteiger partial charge in [-0.2, -0.15) is 0 Å². The van der Waals surface area contributed by atoms with Gasteiger partial charge < -0.3 is 9.94 Å². The summed E-state index contributed by atoms with van der Waals surface area (Å²) in [5, 5.41) is 13.4. The van der Waals surface area contributed by atoms with Gasteiger partial charge in [0.15, 0.2) is 6.61 Å². The Morgan fingerprint density at radius 1 is 1.64 bits per heavy atom. The molecule has 0 fully saturated rings. The number of phenolic OH excluding ortho intramolecular Hbond substituents is 1. The number of rotatable bonds is 3. The van der Waals surface area contributed by atoms with Crippen molar-refractivity contribution < 1.29 is 9.94 Å². The molecule has 0 unspecified atom stereocenters. The highest BCUT2D eigenvalue weighted by molar-refractivity contribution is 6.30. The number of hydrogen-bond acceptors (Lipinski definition) is 3. The zero-order valence-electron chi connectivity index (χ0n) is 7.27. The fourth-order valence-electron chi connectivity index (χ4n) is 0.797. The van der Waals surface area contributed by atoms with E-state index < -0.39 is 0 Å². The number of phenols is 1. The molecule has 0 bridgehead atoms. The lowest BCUT2D eigenvalue weighted by molar-refractivity contribution is 0.181. The van der Waals surface area contributed by atoms with Crippen molar-refractivity contribution in [1.82, 2.24) is 0 Å². The number of halogens is 1. The number of benzene rings is 1. The fraction of sp³-hybridized carbons (Fsp3) is 0.100. The van der Waals surface area contributed by atoms with E-state index in [-0.39, 0.29) is 12.4 Å². The van der Waals surface area contributed by atoms with Crippen molar-refractivity contribution in [2.24, 2.45) is 5.16 Å². The summed E-state index contributed by atoms with van der Waals surface area (Å²) < 4.78 is 0. The van der Waals surface area contributed by atoms with E-state index in [0.717, 1.165) is 0 Å². The van der Waals surface area contributed by atoms with Crippen LogP contribution in [0.4, 0.5) is 0 Å². The van der Waals surface area contributed by atoms with E-state index in [1.54, 1.807) is 12.1 Å². The van der Waals surface area contributed by atoms with Gasteiger partial charge in [0.25, 0.3) is 0 Å². The molecule has 72 valence electrons. The highest BCUT2D eigenvalue weighted by atomic mass is 35.5. The third kappa shape index (κ3) is 3.00. The number of hydrogen-bond donors (Lipinski definition) is 1. The first kappa shape index (κ1) is 10.4. The topological polar surface area (TPSA) is 41.8 Å². The molecule has 3 nitrogen and oxygen atoms in total. The summed E-state index contributed by atoms with van der Waals surface area (Å²) in [4.78, 5) is 4.66. The lowest BCUT2D eigenvalue weighted by Crippen LogP contribution is -1.86. The van der Waals surface area contributed by atoms with Crippen LogP contribution in [-0.4, -0.2) is 17.9 Å². The van der Waals surface area contributed by atoms with Gasteiger partial charge in [0, 0.05) is 10.6 Å². The SMILES string of the molecule is C#CCON=Cc1cc(Cl)ccc1O. The molecule has 1 N–H and O–H groups in total. The van der Waals surface area contributed by atoms with Crippen molar-refractivity contribution in [3.8, 4) is 18.1 Å². The number of aromatic hydroxyl groups is 1. The first-order valence-electron chi connectivity index (χ1n) is 3.81. The average Bonchev–Trinajstić information content (AvgIpc) is 2.18. The van der Waals surface area contributed by atoms with Crippen molar-refractivity contribution in [2.75, 3.05) is 6.61 Å². The Morgan fingerprint density at radius 2 is 2.43 bits per heavy atom. The minimum Gasteiger partial charge on any atom is -0.507 e. The maximum absolute atomic E-state index is 9.35. The monoisotopic (exact) mass is 209 g/mol. The summed E-state index contributed by atoms with van der Waals surface area (Å²) in [5.41, 5.74) is 0.481. The molecule has 0 atom stereocenters. The molecule has 0 aliphatic carbocycles. The normalized spacial score (nSPS) is 10.0. The van der Waals surface area contributed by atoms with Crippen LogP contribution in [0.25, 0.3) is 0 Å². The summed E-state index contributed by atoms with van der Waals surface area (Å²) in [5.74, 6) is 2.34. The predicted molar refractivity (Wildman–Crippen MR) is 55.5 cm³/mol. The Hall–Kier alpha value is -1.66. The van der Waals surface area contributed by atoms with Gasteiger partial charge in [-0.25, -0.2) is 0 Å². The van der Waals surface area contributed by atoms with Crippen molar-refractivity contribution in [3.05, 3.63) is 28.8 Å². The maximum Gasteiger partial charge on any atom is 0.177 e. The van der Waals surface area contributed by atoms with Gasteiger partial charge in [0.1, 0.15) is 5.75 Å². The Bertz CT molecular complexity index is 382. The van der Waals surface area contributed by atoms with Crippen LogP contribution in [0, 0.1) is 12.3 Å². The smallest absolute Gasteiger partial charge is 0.177 e. The Balaban J connectivity index is 2.71. The van der Waals surface area contributed by atoms with Gasteiger partial charge in [-0.05, 0) is 18.2 Å². The zero-order valence-corrected chi connectivity index (χ0v) is 8.03. The average molecular weight is 210 g/mol. The summed E-state index contributed by atoms with van der Waals surface area (Å²) in [6, 6.07) is 4.63. The Morgan fingerprint density at radius 3 is 3.14 bits per heavy atom. The van der Waals surface area contributed by atoms with Gasteiger partial charge in [0.2, 0.25) is 0 Å². The minimum absolute atomic E-state index is 0.0856. The number of nitrogens with zero attached hydrogens (tertiary/aromatic N) is 1. The maximum atomic E-state index is 9.35. The highest BCUT2D eigenvalue weighted by Crippen LogP contribution is 2.19. The fourth-order valence-corrected chi connectivity index (χ4v) is 0.978. The molecule has 0 saturated carbocycles. The molecule has 0 aliphatic heterocycles. The van der Waals surface area contributed by atoms with E-state index in [4.69, 9.17) is 18.0 Å². The third-order valence-electron chi connectivity index (χ3n) is 1.40. The molecule has 0 heterocycles. The molecule has 14 heavy (non-hydrogen) atoms. The predicted octanol–water partition coefficient (Wildman–Crippen LogP) is 2.03. The Kier molecular flexibility index (Phi) is 3.84. The molecule has 4 heteroatoms. The van der Waals surface area contributed by atoms with Crippen LogP contribution in [0.3, 0.4) is 0 Å². The molecule has 0 radical (unpaired) electrons. The summed E-state index contributed by atoms with van der Waals surface area (Å²) >= 11 is 5.71. The molecule has 1 aromatic rings. The van der Waals surface area contributed by atoms with Crippen molar-refractivity contribution in [1.29, 1.82) is 0 Å². The number of terminal acetylenes is 1. The van der Waals surface area contributed by atoms with Crippen molar-refractivity contribution >= 4 is 17.8 Å². The molecule has 0 spiro atoms. The van der Waals surface area contributed by atoms with Crippen LogP contribution in [-0.2, 0) is 4.84 Å². The van der Waals surface area contributed by atoms with Gasteiger partial charge in [-0.15, -0.1) is 6.42 Å². The van der Waals surface area contributed by atoms with Crippen LogP contribution in [0.15, 0.2) is 23.4 Å². The molecular formula is C10H8ClNO2. The summed E-state index contributed by atoms with van der Waals surface area (Å²) in [6.07, 6.45) is 6.29. The molecule has 0 amide bonds. The van der Waals surface area contributed by atoms with Crippen LogP contribution in [0.5, 0.6) is 5.75 Å². The van der Waals surface area contributed by atoms with E-state index in [2.05, 4.69) is 15.9 Å². The van der Waals surface area contributed by atoms with E-state index >= 15 is 0 Å². The second-order valence-electron chi connectivity index (χ2n) is 2.42. The van der Waals surface area contributed by atoms with Crippen LogP contribution < -0.4 is 0 Å². The largest absolute Gasteiger partial charge is 0.507 e. The van der Waals surface area contributed by atoms with Crippen molar-refractivity contribution in [2.45, 2.75) is 0 Å². The quantitative estimate of drug-likeness (QED) is 0.358. The number of oxime groups is 1. The van der Waals surface area contributed by atoms with Crippen LogP contribution >= 0.6 is 11.6 Å². The lowest BCUT2D eigenvalue weighted by atomic mass is 10.2. The lowest BCUT2D eigenvalue weighted by Gasteiger charge is -1.98. The van der Waals surface area contributed by atoms with Gasteiger partial charge in [0.05, 0.1) is 6.21 Å². The summed E-state index contributed by atoms with van der Waals surface area (Å²) in [6.45, 7) is 0.0951. The van der Waals surface area contributed by atoms with Gasteiger partial charge in [-0.1, -0.05) is 22.7 Å². The standard InChI is InChI=1S/C10H8ClNO2/c1-2-5-14-12-7-8-6-9(11)3-4-10(8)13/h1,3-4,6-7,13H,5H2. The molecular weight excluding hydrogens is 202 g/mol. The molecule has 0 aromatic heterocycles. The molecule has 0 saturated heterocycles. The zero-order chi connectivity index (χ0) is 10.4. The minimum atomic E-state index is 0.0856. The molecule has 0 aliphatic rings. The first-order chi connectivity index (χ1) is 6.74. The van der Waals surface area contributed by atoms with E-state index in [0.29, 0.717) is 10.6 Å². The second kappa shape index (κ2) is 5.15. The van der Waals surface area contributed by atoms with Gasteiger partial charge in [-0.3, -0.25) is 0 Å². The van der Waals surface area contributed by atoms with E-state index in [1.807, 2.05) is 0 Å². The third-order valence-corrected chi connectivity index (χ3v) is 1.64. The summed E-state index contributed by atoms with van der Waals surface area (Å²) in [7, 11) is 0. The highest BCUT2D eigenvalue weighted by Gasteiger charge is 1.98. The second-order valence-corrected chi connectivity index (χ2v) is 2.85. The van der Waals surface area contributed by atoms with Crippen LogP contribution in [0.1, 0.15) is 5.56 Å². The van der Waals surface area contributed by atoms with E-state index in [9.17, 15) is 5.11 Å².